The van der Waals surface area contributed by atoms with Crippen molar-refractivity contribution >= 4 is 11.7 Å². The molecular weight excluding hydrogens is 386 g/mol. The Hall–Kier alpha value is -3.32. The second kappa shape index (κ2) is 9.00. The third-order valence-electron chi connectivity index (χ3n) is 5.08. The zero-order valence-electron chi connectivity index (χ0n) is 16.3. The number of hydrogen-bond acceptors (Lipinski definition) is 4. The van der Waals surface area contributed by atoms with Crippen LogP contribution in [0.5, 0.6) is 0 Å². The lowest BCUT2D eigenvalue weighted by atomic mass is 10.0. The number of benzene rings is 2. The van der Waals surface area contributed by atoms with Crippen LogP contribution in [-0.4, -0.2) is 30.5 Å². The molecule has 4 rings (SSSR count). The van der Waals surface area contributed by atoms with Crippen molar-refractivity contribution in [1.29, 1.82) is 0 Å². The second-order valence-electron chi connectivity index (χ2n) is 7.23. The molecule has 0 bridgehead atoms. The highest BCUT2D eigenvalue weighted by Gasteiger charge is 2.22. The largest absolute Gasteiger partial charge is 0.353 e. The van der Waals surface area contributed by atoms with E-state index in [-0.39, 0.29) is 18.5 Å². The first-order valence-corrected chi connectivity index (χ1v) is 9.81. The van der Waals surface area contributed by atoms with Gasteiger partial charge in [-0.05, 0) is 35.4 Å². The number of carbonyl (C=O) groups excluding carboxylic acids is 1. The molecule has 1 atom stereocenters. The number of amides is 1. The topological polar surface area (TPSA) is 57.3 Å². The SMILES string of the molecule is O=C(NCc1cc(F)cc(F)c1)c1ccnc(N2CCN[C@@H](c3ccccc3)C2)c1. The fraction of sp³-hybridized carbons (Fsp3) is 0.217. The van der Waals surface area contributed by atoms with Gasteiger partial charge < -0.3 is 15.5 Å². The Morgan fingerprint density at radius 1 is 1.10 bits per heavy atom. The average molecular weight is 408 g/mol. The number of anilines is 1. The minimum absolute atomic E-state index is 0.0366. The van der Waals surface area contributed by atoms with Gasteiger partial charge in [-0.1, -0.05) is 30.3 Å². The van der Waals surface area contributed by atoms with Crippen LogP contribution in [0.25, 0.3) is 0 Å². The minimum atomic E-state index is -0.669. The zero-order chi connectivity index (χ0) is 20.9. The maximum Gasteiger partial charge on any atom is 0.251 e. The van der Waals surface area contributed by atoms with Crippen LogP contribution in [0.4, 0.5) is 14.6 Å². The highest BCUT2D eigenvalue weighted by molar-refractivity contribution is 5.94. The molecule has 2 N–H and O–H groups in total. The van der Waals surface area contributed by atoms with Crippen molar-refractivity contribution in [3.05, 3.63) is 95.2 Å². The van der Waals surface area contributed by atoms with E-state index in [9.17, 15) is 13.6 Å². The Bertz CT molecular complexity index is 1010. The van der Waals surface area contributed by atoms with Crippen LogP contribution < -0.4 is 15.5 Å². The quantitative estimate of drug-likeness (QED) is 0.679. The first kappa shape index (κ1) is 20.0. The van der Waals surface area contributed by atoms with E-state index >= 15 is 0 Å². The number of piperazine rings is 1. The van der Waals surface area contributed by atoms with Gasteiger partial charge in [-0.2, -0.15) is 0 Å². The van der Waals surface area contributed by atoms with Crippen molar-refractivity contribution in [3.8, 4) is 0 Å². The Labute approximate surface area is 173 Å². The molecular formula is C23H22F2N4O. The zero-order valence-corrected chi connectivity index (χ0v) is 16.3. The third kappa shape index (κ3) is 4.80. The van der Waals surface area contributed by atoms with Gasteiger partial charge in [0.15, 0.2) is 0 Å². The highest BCUT2D eigenvalue weighted by atomic mass is 19.1. The lowest BCUT2D eigenvalue weighted by molar-refractivity contribution is 0.0950. The number of nitrogens with one attached hydrogen (secondary N) is 2. The molecule has 1 aliphatic heterocycles. The number of carbonyl (C=O) groups is 1. The molecule has 154 valence electrons. The molecule has 1 aromatic heterocycles. The standard InChI is InChI=1S/C23H22F2N4O/c24-19-10-16(11-20(25)13-19)14-28-23(30)18-6-7-27-22(12-18)29-9-8-26-21(15-29)17-4-2-1-3-5-17/h1-7,10-13,21,26H,8-9,14-15H2,(H,28,30)/t21-/m1/s1. The van der Waals surface area contributed by atoms with Crippen LogP contribution in [0.3, 0.4) is 0 Å². The summed E-state index contributed by atoms with van der Waals surface area (Å²) in [6, 6.07) is 17.0. The number of halogens is 2. The predicted octanol–water partition coefficient (Wildman–Crippen LogP) is 3.44. The molecule has 0 aliphatic carbocycles. The maximum atomic E-state index is 13.3. The van der Waals surface area contributed by atoms with Gasteiger partial charge in [0.2, 0.25) is 0 Å². The molecule has 2 heterocycles. The fourth-order valence-corrected chi connectivity index (χ4v) is 3.60. The van der Waals surface area contributed by atoms with E-state index in [0.717, 1.165) is 31.5 Å². The number of hydrogen-bond donors (Lipinski definition) is 2. The van der Waals surface area contributed by atoms with E-state index in [1.165, 1.54) is 17.7 Å². The van der Waals surface area contributed by atoms with Crippen molar-refractivity contribution in [2.75, 3.05) is 24.5 Å². The van der Waals surface area contributed by atoms with Crippen molar-refractivity contribution in [1.82, 2.24) is 15.6 Å². The third-order valence-corrected chi connectivity index (χ3v) is 5.08. The summed E-state index contributed by atoms with van der Waals surface area (Å²) in [4.78, 5) is 19.1. The molecule has 0 saturated carbocycles. The molecule has 1 amide bonds. The molecule has 0 unspecified atom stereocenters. The Balaban J connectivity index is 1.43. The van der Waals surface area contributed by atoms with Gasteiger partial charge in [0, 0.05) is 50.0 Å². The molecule has 3 aromatic rings. The van der Waals surface area contributed by atoms with Crippen LogP contribution >= 0.6 is 0 Å². The molecule has 0 radical (unpaired) electrons. The van der Waals surface area contributed by atoms with E-state index in [0.29, 0.717) is 11.1 Å². The summed E-state index contributed by atoms with van der Waals surface area (Å²) in [6.45, 7) is 2.37. The Morgan fingerprint density at radius 3 is 2.63 bits per heavy atom. The minimum Gasteiger partial charge on any atom is -0.353 e. The normalized spacial score (nSPS) is 16.3. The van der Waals surface area contributed by atoms with Crippen LogP contribution in [0, 0.1) is 11.6 Å². The molecule has 1 saturated heterocycles. The monoisotopic (exact) mass is 408 g/mol. The molecule has 1 fully saturated rings. The first-order valence-electron chi connectivity index (χ1n) is 9.81. The predicted molar refractivity (Wildman–Crippen MR) is 111 cm³/mol. The van der Waals surface area contributed by atoms with Gasteiger partial charge >= 0.3 is 0 Å². The summed E-state index contributed by atoms with van der Waals surface area (Å²) < 4.78 is 26.6. The summed E-state index contributed by atoms with van der Waals surface area (Å²) in [5.74, 6) is -0.936. The highest BCUT2D eigenvalue weighted by Crippen LogP contribution is 2.21. The van der Waals surface area contributed by atoms with E-state index in [1.54, 1.807) is 18.3 Å². The summed E-state index contributed by atoms with van der Waals surface area (Å²) >= 11 is 0. The summed E-state index contributed by atoms with van der Waals surface area (Å²) in [7, 11) is 0. The molecule has 30 heavy (non-hydrogen) atoms. The van der Waals surface area contributed by atoms with Crippen molar-refractivity contribution in [2.24, 2.45) is 0 Å². The molecule has 1 aliphatic rings. The Kier molecular flexibility index (Phi) is 5.99. The van der Waals surface area contributed by atoms with Crippen LogP contribution in [-0.2, 0) is 6.54 Å². The molecule has 0 spiro atoms. The number of nitrogens with zero attached hydrogens (tertiary/aromatic N) is 2. The number of aromatic nitrogens is 1. The van der Waals surface area contributed by atoms with Gasteiger partial charge in [0.1, 0.15) is 17.5 Å². The van der Waals surface area contributed by atoms with Gasteiger partial charge in [-0.25, -0.2) is 13.8 Å². The second-order valence-corrected chi connectivity index (χ2v) is 7.23. The van der Waals surface area contributed by atoms with E-state index in [1.807, 2.05) is 18.2 Å². The first-order chi connectivity index (χ1) is 14.6. The van der Waals surface area contributed by atoms with Gasteiger partial charge in [-0.15, -0.1) is 0 Å². The van der Waals surface area contributed by atoms with Crippen molar-refractivity contribution < 1.29 is 13.6 Å². The molecule has 2 aromatic carbocycles. The lowest BCUT2D eigenvalue weighted by Crippen LogP contribution is -2.46. The van der Waals surface area contributed by atoms with Gasteiger partial charge in [0.05, 0.1) is 0 Å². The van der Waals surface area contributed by atoms with Crippen molar-refractivity contribution in [3.63, 3.8) is 0 Å². The number of pyridine rings is 1. The summed E-state index contributed by atoms with van der Waals surface area (Å²) in [5.41, 5.74) is 2.02. The summed E-state index contributed by atoms with van der Waals surface area (Å²) in [5, 5.41) is 6.21. The van der Waals surface area contributed by atoms with Crippen molar-refractivity contribution in [2.45, 2.75) is 12.6 Å². The van der Waals surface area contributed by atoms with E-state index < -0.39 is 11.6 Å². The summed E-state index contributed by atoms with van der Waals surface area (Å²) in [6.07, 6.45) is 1.60. The molecule has 5 nitrogen and oxygen atoms in total. The lowest BCUT2D eigenvalue weighted by Gasteiger charge is -2.34. The van der Waals surface area contributed by atoms with Crippen LogP contribution in [0.1, 0.15) is 27.5 Å². The number of rotatable bonds is 5. The Morgan fingerprint density at radius 2 is 1.87 bits per heavy atom. The van der Waals surface area contributed by atoms with E-state index in [2.05, 4.69) is 32.7 Å². The van der Waals surface area contributed by atoms with Gasteiger partial charge in [0.25, 0.3) is 5.91 Å². The van der Waals surface area contributed by atoms with Crippen LogP contribution in [0.2, 0.25) is 0 Å². The smallest absolute Gasteiger partial charge is 0.251 e. The molecule has 7 heteroatoms. The van der Waals surface area contributed by atoms with Gasteiger partial charge in [-0.3, -0.25) is 4.79 Å². The van der Waals surface area contributed by atoms with E-state index in [4.69, 9.17) is 0 Å². The fourth-order valence-electron chi connectivity index (χ4n) is 3.60. The average Bonchev–Trinajstić information content (AvgIpc) is 2.78. The maximum absolute atomic E-state index is 13.3. The van der Waals surface area contributed by atoms with Crippen LogP contribution in [0.15, 0.2) is 66.9 Å².